The van der Waals surface area contributed by atoms with Crippen molar-refractivity contribution >= 4 is 0 Å². The van der Waals surface area contributed by atoms with Gasteiger partial charge in [-0.25, -0.2) is 9.48 Å². The van der Waals surface area contributed by atoms with Crippen LogP contribution in [0.3, 0.4) is 0 Å². The first-order valence-electron chi connectivity index (χ1n) is 11.1. The molecule has 0 unspecified atom stereocenters. The van der Waals surface area contributed by atoms with Crippen LogP contribution in [0.25, 0.3) is 0 Å². The minimum Gasteiger partial charge on any atom is -0.493 e. The molecule has 1 aliphatic carbocycles. The predicted octanol–water partition coefficient (Wildman–Crippen LogP) is 2.33. The molecule has 0 saturated heterocycles. The number of aromatic nitrogens is 5. The quantitative estimate of drug-likeness (QED) is 0.435. The summed E-state index contributed by atoms with van der Waals surface area (Å²) in [6.45, 7) is 4.17. The Kier molecular flexibility index (Phi) is 7.16. The highest BCUT2D eigenvalue weighted by atomic mass is 16.5. The van der Waals surface area contributed by atoms with Crippen LogP contribution in [0.2, 0.25) is 0 Å². The number of ether oxygens (including phenoxy) is 2. The number of nitrogens with one attached hydrogen (secondary N) is 1. The molecule has 170 valence electrons. The summed E-state index contributed by atoms with van der Waals surface area (Å²) in [5, 5.41) is 8.34. The van der Waals surface area contributed by atoms with E-state index in [0.29, 0.717) is 18.9 Å². The molecule has 1 N–H and O–H groups in total. The molecule has 0 bridgehead atoms. The van der Waals surface area contributed by atoms with Gasteiger partial charge < -0.3 is 9.47 Å². The Morgan fingerprint density at radius 3 is 2.91 bits per heavy atom. The van der Waals surface area contributed by atoms with E-state index >= 15 is 0 Å². The van der Waals surface area contributed by atoms with E-state index < -0.39 is 11.2 Å². The van der Waals surface area contributed by atoms with E-state index in [1.54, 1.807) is 6.20 Å². The van der Waals surface area contributed by atoms with E-state index in [1.165, 1.54) is 35.2 Å². The van der Waals surface area contributed by atoms with Crippen LogP contribution in [0.5, 0.6) is 5.75 Å². The van der Waals surface area contributed by atoms with E-state index in [2.05, 4.69) is 40.4 Å². The van der Waals surface area contributed by atoms with E-state index in [9.17, 15) is 9.59 Å². The van der Waals surface area contributed by atoms with Crippen molar-refractivity contribution in [1.29, 1.82) is 0 Å². The van der Waals surface area contributed by atoms with Crippen LogP contribution >= 0.6 is 0 Å². The van der Waals surface area contributed by atoms with Crippen LogP contribution < -0.4 is 16.0 Å². The molecule has 9 nitrogen and oxygen atoms in total. The van der Waals surface area contributed by atoms with Crippen molar-refractivity contribution in [3.8, 4) is 5.75 Å². The number of benzene rings is 1. The van der Waals surface area contributed by atoms with Crippen molar-refractivity contribution in [1.82, 2.24) is 24.5 Å². The van der Waals surface area contributed by atoms with Crippen LogP contribution in [-0.4, -0.2) is 37.8 Å². The second-order valence-electron chi connectivity index (χ2n) is 8.21. The summed E-state index contributed by atoms with van der Waals surface area (Å²) in [7, 11) is 0. The molecular weight excluding hydrogens is 410 g/mol. The Morgan fingerprint density at radius 2 is 2.12 bits per heavy atom. The lowest BCUT2D eigenvalue weighted by Gasteiger charge is -2.18. The number of rotatable bonds is 12. The first-order chi connectivity index (χ1) is 15.6. The van der Waals surface area contributed by atoms with Gasteiger partial charge in [-0.15, -0.1) is 5.10 Å². The standard InChI is InChI=1S/C23H29N5O4/c1-2-18(19-4-3-5-21(12-19)32-15-17-6-7-17)14-28-20(13-24-26-28)9-11-31-16-27-10-8-22(29)25-23(27)30/h3-5,8,10,12-13,17-18H,2,6-7,9,11,14-16H2,1H3,(H,25,29,30)/t18-/m0/s1. The van der Waals surface area contributed by atoms with Crippen LogP contribution in [0.1, 0.15) is 43.4 Å². The van der Waals surface area contributed by atoms with Gasteiger partial charge in [-0.3, -0.25) is 14.3 Å². The molecule has 4 rings (SSSR count). The van der Waals surface area contributed by atoms with Crippen molar-refractivity contribution in [3.63, 3.8) is 0 Å². The van der Waals surface area contributed by atoms with Crippen LogP contribution in [0, 0.1) is 5.92 Å². The fraction of sp³-hybridized carbons (Fsp3) is 0.478. The molecule has 3 aromatic rings. The smallest absolute Gasteiger partial charge is 0.330 e. The third kappa shape index (κ3) is 5.94. The number of H-pyrrole nitrogens is 1. The normalized spacial score (nSPS) is 14.4. The second-order valence-corrected chi connectivity index (χ2v) is 8.21. The topological polar surface area (TPSA) is 104 Å². The lowest BCUT2D eigenvalue weighted by molar-refractivity contribution is 0.0750. The average Bonchev–Trinajstić information content (AvgIpc) is 3.53. The van der Waals surface area contributed by atoms with Gasteiger partial charge in [-0.05, 0) is 42.9 Å². The maximum Gasteiger partial charge on any atom is 0.330 e. The maximum absolute atomic E-state index is 11.7. The van der Waals surface area contributed by atoms with Crippen molar-refractivity contribution in [2.75, 3.05) is 13.2 Å². The van der Waals surface area contributed by atoms with Crippen LogP contribution in [0.4, 0.5) is 0 Å². The predicted molar refractivity (Wildman–Crippen MR) is 119 cm³/mol. The van der Waals surface area contributed by atoms with Crippen molar-refractivity contribution in [3.05, 3.63) is 74.8 Å². The Balaban J connectivity index is 1.32. The Labute approximate surface area is 186 Å². The van der Waals surface area contributed by atoms with E-state index in [0.717, 1.165) is 36.9 Å². The summed E-state index contributed by atoms with van der Waals surface area (Å²) in [4.78, 5) is 25.0. The summed E-state index contributed by atoms with van der Waals surface area (Å²) in [6.07, 6.45) is 7.30. The molecule has 1 aliphatic rings. The monoisotopic (exact) mass is 439 g/mol. The fourth-order valence-electron chi connectivity index (χ4n) is 3.55. The van der Waals surface area contributed by atoms with Gasteiger partial charge in [-0.2, -0.15) is 0 Å². The van der Waals surface area contributed by atoms with Gasteiger partial charge in [0.2, 0.25) is 0 Å². The average molecular weight is 440 g/mol. The van der Waals surface area contributed by atoms with E-state index in [1.807, 2.05) is 10.7 Å². The molecule has 0 spiro atoms. The first kappa shape index (κ1) is 22.0. The fourth-order valence-corrected chi connectivity index (χ4v) is 3.55. The van der Waals surface area contributed by atoms with Gasteiger partial charge in [0.25, 0.3) is 5.56 Å². The molecule has 0 aliphatic heterocycles. The lowest BCUT2D eigenvalue weighted by atomic mass is 9.96. The highest BCUT2D eigenvalue weighted by Gasteiger charge is 2.22. The Morgan fingerprint density at radius 1 is 1.25 bits per heavy atom. The Bertz CT molecular complexity index is 1130. The van der Waals surface area contributed by atoms with E-state index in [4.69, 9.17) is 9.47 Å². The van der Waals surface area contributed by atoms with Crippen LogP contribution in [-0.2, 0) is 24.4 Å². The zero-order valence-electron chi connectivity index (χ0n) is 18.3. The minimum atomic E-state index is -0.488. The zero-order chi connectivity index (χ0) is 22.3. The molecular formula is C23H29N5O4. The summed E-state index contributed by atoms with van der Waals surface area (Å²) in [5.74, 6) is 1.95. The summed E-state index contributed by atoms with van der Waals surface area (Å²) in [5.41, 5.74) is 1.29. The van der Waals surface area contributed by atoms with Gasteiger partial charge in [0.05, 0.1) is 25.1 Å². The SMILES string of the molecule is CC[C@@H](Cn1nncc1CCOCn1ccc(=O)[nH]c1=O)c1cccc(OCC2CC2)c1. The maximum atomic E-state index is 11.7. The number of hydrogen-bond donors (Lipinski definition) is 1. The van der Waals surface area contributed by atoms with Crippen molar-refractivity contribution in [2.45, 2.75) is 51.8 Å². The van der Waals surface area contributed by atoms with Gasteiger partial charge in [0, 0.05) is 31.1 Å². The molecule has 9 heteroatoms. The summed E-state index contributed by atoms with van der Waals surface area (Å²) in [6, 6.07) is 9.64. The summed E-state index contributed by atoms with van der Waals surface area (Å²) < 4.78 is 14.8. The lowest BCUT2D eigenvalue weighted by Crippen LogP contribution is -2.29. The van der Waals surface area contributed by atoms with Gasteiger partial charge >= 0.3 is 5.69 Å². The molecule has 2 heterocycles. The molecule has 1 atom stereocenters. The molecule has 0 radical (unpaired) electrons. The van der Waals surface area contributed by atoms with Crippen LogP contribution in [0.15, 0.2) is 52.3 Å². The zero-order valence-corrected chi connectivity index (χ0v) is 18.3. The number of aromatic amines is 1. The molecule has 32 heavy (non-hydrogen) atoms. The largest absolute Gasteiger partial charge is 0.493 e. The van der Waals surface area contributed by atoms with Crippen molar-refractivity contribution in [2.24, 2.45) is 5.92 Å². The number of nitrogens with zero attached hydrogens (tertiary/aromatic N) is 4. The minimum absolute atomic E-state index is 0.0718. The highest BCUT2D eigenvalue weighted by molar-refractivity contribution is 5.31. The van der Waals surface area contributed by atoms with Crippen molar-refractivity contribution < 1.29 is 9.47 Å². The van der Waals surface area contributed by atoms with E-state index in [-0.39, 0.29) is 6.73 Å². The third-order valence-electron chi connectivity index (χ3n) is 5.73. The highest BCUT2D eigenvalue weighted by Crippen LogP contribution is 2.31. The second kappa shape index (κ2) is 10.4. The van der Waals surface area contributed by atoms with Gasteiger partial charge in [0.1, 0.15) is 12.5 Å². The van der Waals surface area contributed by atoms with Gasteiger partial charge in [0.15, 0.2) is 0 Å². The number of hydrogen-bond acceptors (Lipinski definition) is 6. The first-order valence-corrected chi connectivity index (χ1v) is 11.1. The Hall–Kier alpha value is -3.20. The molecule has 2 aromatic heterocycles. The van der Waals surface area contributed by atoms with Gasteiger partial charge in [-0.1, -0.05) is 24.3 Å². The summed E-state index contributed by atoms with van der Waals surface area (Å²) >= 11 is 0. The molecule has 1 fully saturated rings. The molecule has 1 saturated carbocycles. The third-order valence-corrected chi connectivity index (χ3v) is 5.73. The molecule has 1 aromatic carbocycles. The molecule has 0 amide bonds.